The smallest absolute Gasteiger partial charge is 0.0638 e. The summed E-state index contributed by atoms with van der Waals surface area (Å²) in [5.41, 5.74) is 3.72. The van der Waals surface area contributed by atoms with Gasteiger partial charge in [-0.15, -0.1) is 0 Å². The summed E-state index contributed by atoms with van der Waals surface area (Å²) in [6, 6.07) is 8.39. The lowest BCUT2D eigenvalue weighted by molar-refractivity contribution is 0.734. The molecule has 0 aliphatic heterocycles. The summed E-state index contributed by atoms with van der Waals surface area (Å²) in [6.45, 7) is 4.44. The molecule has 0 heterocycles. The Balaban J connectivity index is 2.16. The molecule has 1 aliphatic rings. The van der Waals surface area contributed by atoms with Gasteiger partial charge in [0.2, 0.25) is 0 Å². The van der Waals surface area contributed by atoms with E-state index >= 15 is 0 Å². The molecule has 0 spiro atoms. The van der Waals surface area contributed by atoms with Crippen LogP contribution in [-0.2, 0) is 0 Å². The highest BCUT2D eigenvalue weighted by molar-refractivity contribution is 6.17. The summed E-state index contributed by atoms with van der Waals surface area (Å²) in [7, 11) is 0. The maximum Gasteiger partial charge on any atom is 0.0638 e. The summed E-state index contributed by atoms with van der Waals surface area (Å²) in [5.74, 6) is 0.599. The van der Waals surface area contributed by atoms with Gasteiger partial charge in [-0.05, 0) is 54.3 Å². The molecule has 0 saturated carbocycles. The Labute approximate surface area is 108 Å². The molecule has 0 aromatic heterocycles. The highest BCUT2D eigenvalue weighted by Gasteiger charge is 2.02. The number of rotatable bonds is 3. The molecule has 2 rings (SSSR count). The lowest BCUT2D eigenvalue weighted by atomic mass is 9.99. The first-order valence-corrected chi connectivity index (χ1v) is 6.32. The third-order valence-corrected chi connectivity index (χ3v) is 3.20. The van der Waals surface area contributed by atoms with Gasteiger partial charge in [-0.3, -0.25) is 0 Å². The molecule has 0 fully saturated rings. The second-order valence-electron chi connectivity index (χ2n) is 4.56. The number of hydrogen-bond donors (Lipinski definition) is 1. The van der Waals surface area contributed by atoms with E-state index in [-0.39, 0.29) is 0 Å². The van der Waals surface area contributed by atoms with Crippen LogP contribution in [0.25, 0.3) is 0 Å². The number of aliphatic imine (C=N–C) groups is 1. The van der Waals surface area contributed by atoms with Crippen LogP contribution in [0.3, 0.4) is 0 Å². The van der Waals surface area contributed by atoms with Crippen LogP contribution in [-0.4, -0.2) is 11.4 Å². The van der Waals surface area contributed by atoms with E-state index in [2.05, 4.69) is 43.1 Å². The number of benzene rings is 1. The predicted octanol–water partition coefficient (Wildman–Crippen LogP) is 4.42. The van der Waals surface area contributed by atoms with Crippen LogP contribution in [0.1, 0.15) is 31.7 Å². The van der Waals surface area contributed by atoms with Crippen molar-refractivity contribution >= 4 is 17.1 Å². The van der Waals surface area contributed by atoms with Crippen molar-refractivity contribution in [2.24, 2.45) is 4.99 Å². The van der Waals surface area contributed by atoms with Crippen molar-refractivity contribution in [1.29, 1.82) is 5.41 Å². The van der Waals surface area contributed by atoms with E-state index in [1.807, 2.05) is 12.2 Å². The fourth-order valence-corrected chi connectivity index (χ4v) is 1.80. The van der Waals surface area contributed by atoms with Crippen LogP contribution in [0.15, 0.2) is 53.6 Å². The van der Waals surface area contributed by atoms with Crippen molar-refractivity contribution in [1.82, 2.24) is 0 Å². The van der Waals surface area contributed by atoms with Gasteiger partial charge in [0.15, 0.2) is 0 Å². The summed E-state index contributed by atoms with van der Waals surface area (Å²) >= 11 is 0. The van der Waals surface area contributed by atoms with Gasteiger partial charge in [0, 0.05) is 0 Å². The highest BCUT2D eigenvalue weighted by atomic mass is 14.7. The number of allylic oxidation sites excluding steroid dienone is 4. The molecule has 18 heavy (non-hydrogen) atoms. The molecule has 1 N–H and O–H groups in total. The summed E-state index contributed by atoms with van der Waals surface area (Å²) in [4.78, 5) is 4.53. The summed E-state index contributed by atoms with van der Waals surface area (Å²) in [6.07, 6.45) is 8.40. The molecule has 0 radical (unpaired) electrons. The van der Waals surface area contributed by atoms with Crippen molar-refractivity contribution in [2.75, 3.05) is 0 Å². The molecule has 1 aromatic carbocycles. The van der Waals surface area contributed by atoms with Gasteiger partial charge in [0.25, 0.3) is 0 Å². The van der Waals surface area contributed by atoms with Crippen molar-refractivity contribution in [3.05, 3.63) is 54.1 Å². The first kappa shape index (κ1) is 12.5. The minimum atomic E-state index is 0.515. The Kier molecular flexibility index (Phi) is 3.88. The number of hydrogen-bond acceptors (Lipinski definition) is 2. The van der Waals surface area contributed by atoms with E-state index in [1.165, 1.54) is 5.56 Å². The van der Waals surface area contributed by atoms with Gasteiger partial charge in [-0.1, -0.05) is 26.0 Å². The van der Waals surface area contributed by atoms with Crippen molar-refractivity contribution in [3.63, 3.8) is 0 Å². The van der Waals surface area contributed by atoms with Crippen LogP contribution >= 0.6 is 0 Å². The van der Waals surface area contributed by atoms with Crippen LogP contribution in [0, 0.1) is 5.41 Å². The SMILES string of the molecule is CCC(C)c1ccc(N=C2C=CC(=N)C=C2)cc1. The lowest BCUT2D eigenvalue weighted by Crippen LogP contribution is -1.97. The molecule has 1 unspecified atom stereocenters. The maximum atomic E-state index is 7.43. The van der Waals surface area contributed by atoms with Gasteiger partial charge in [0.05, 0.1) is 17.1 Å². The summed E-state index contributed by atoms with van der Waals surface area (Å²) < 4.78 is 0. The molecule has 1 aromatic rings. The van der Waals surface area contributed by atoms with E-state index in [1.54, 1.807) is 12.2 Å². The maximum absolute atomic E-state index is 7.43. The number of nitrogens with one attached hydrogen (secondary N) is 1. The van der Waals surface area contributed by atoms with E-state index < -0.39 is 0 Å². The second kappa shape index (κ2) is 5.58. The van der Waals surface area contributed by atoms with Gasteiger partial charge >= 0.3 is 0 Å². The predicted molar refractivity (Wildman–Crippen MR) is 78.2 cm³/mol. The van der Waals surface area contributed by atoms with Crippen molar-refractivity contribution in [3.8, 4) is 0 Å². The van der Waals surface area contributed by atoms with Crippen LogP contribution in [0.5, 0.6) is 0 Å². The molecule has 0 amide bonds. The Hall–Kier alpha value is -1.96. The Morgan fingerprint density at radius 3 is 2.22 bits per heavy atom. The van der Waals surface area contributed by atoms with Gasteiger partial charge in [-0.2, -0.15) is 0 Å². The van der Waals surface area contributed by atoms with E-state index in [0.717, 1.165) is 17.8 Å². The van der Waals surface area contributed by atoms with Gasteiger partial charge in [0.1, 0.15) is 0 Å². The number of nitrogens with zero attached hydrogens (tertiary/aromatic N) is 1. The molecule has 2 heteroatoms. The van der Waals surface area contributed by atoms with E-state index in [4.69, 9.17) is 5.41 Å². The second-order valence-corrected chi connectivity index (χ2v) is 4.56. The zero-order chi connectivity index (χ0) is 13.0. The highest BCUT2D eigenvalue weighted by Crippen LogP contribution is 2.22. The molecule has 0 bridgehead atoms. The van der Waals surface area contributed by atoms with Crippen LogP contribution < -0.4 is 0 Å². The normalized spacial score (nSPS) is 15.9. The zero-order valence-electron chi connectivity index (χ0n) is 10.9. The van der Waals surface area contributed by atoms with Crippen molar-refractivity contribution in [2.45, 2.75) is 26.2 Å². The van der Waals surface area contributed by atoms with E-state index in [0.29, 0.717) is 11.6 Å². The Bertz CT molecular complexity index is 501. The Morgan fingerprint density at radius 2 is 1.67 bits per heavy atom. The fraction of sp³-hybridized carbons (Fsp3) is 0.250. The topological polar surface area (TPSA) is 36.2 Å². The van der Waals surface area contributed by atoms with Crippen molar-refractivity contribution < 1.29 is 0 Å². The lowest BCUT2D eigenvalue weighted by Gasteiger charge is -2.08. The minimum Gasteiger partial charge on any atom is -0.301 e. The minimum absolute atomic E-state index is 0.515. The molecule has 0 saturated heterocycles. The van der Waals surface area contributed by atoms with Gasteiger partial charge in [-0.25, -0.2) is 4.99 Å². The van der Waals surface area contributed by atoms with E-state index in [9.17, 15) is 0 Å². The first-order valence-electron chi connectivity index (χ1n) is 6.32. The molecule has 1 atom stereocenters. The van der Waals surface area contributed by atoms with Gasteiger partial charge < -0.3 is 5.41 Å². The fourth-order valence-electron chi connectivity index (χ4n) is 1.80. The average molecular weight is 238 g/mol. The summed E-state index contributed by atoms with van der Waals surface area (Å²) in [5, 5.41) is 7.43. The first-order chi connectivity index (χ1) is 8.69. The average Bonchev–Trinajstić information content (AvgIpc) is 2.41. The third kappa shape index (κ3) is 3.04. The third-order valence-electron chi connectivity index (χ3n) is 3.20. The monoisotopic (exact) mass is 238 g/mol. The molecule has 1 aliphatic carbocycles. The largest absolute Gasteiger partial charge is 0.301 e. The van der Waals surface area contributed by atoms with Crippen LogP contribution in [0.2, 0.25) is 0 Å². The Morgan fingerprint density at radius 1 is 1.06 bits per heavy atom. The zero-order valence-corrected chi connectivity index (χ0v) is 10.9. The molecule has 92 valence electrons. The quantitative estimate of drug-likeness (QED) is 0.757. The van der Waals surface area contributed by atoms with Crippen LogP contribution in [0.4, 0.5) is 5.69 Å². The molecular formula is C16H18N2. The molecule has 2 nitrogen and oxygen atoms in total. The molecular weight excluding hydrogens is 220 g/mol. The standard InChI is InChI=1S/C16H18N2/c1-3-12(2)13-4-8-15(9-5-13)18-16-10-6-14(17)7-11-16/h4-12,17H,3H2,1-2H3.